The van der Waals surface area contributed by atoms with E-state index in [1.54, 1.807) is 11.3 Å². The normalized spacial score (nSPS) is 18.9. The van der Waals surface area contributed by atoms with E-state index in [1.165, 1.54) is 33.4 Å². The van der Waals surface area contributed by atoms with Crippen molar-refractivity contribution >= 4 is 27.0 Å². The van der Waals surface area contributed by atoms with Crippen LogP contribution in [0.4, 0.5) is 5.69 Å². The Morgan fingerprint density at radius 2 is 1.95 bits per heavy atom. The van der Waals surface area contributed by atoms with E-state index < -0.39 is 14.9 Å². The standard InChI is InChI=1S/C14H14N2O4S2/c1-10-13-7-9-21-14(13)6-8-15(10)22(19,20)12-4-2-11(3-5-12)16(17)18/h2-5,7,9-10H,6,8H2,1H3/t10-/m0/s1. The lowest BCUT2D eigenvalue weighted by Crippen LogP contribution is -2.38. The second-order valence-corrected chi connectivity index (χ2v) is 7.98. The highest BCUT2D eigenvalue weighted by Gasteiger charge is 2.34. The van der Waals surface area contributed by atoms with Crippen LogP contribution in [0.5, 0.6) is 0 Å². The molecule has 6 nitrogen and oxygen atoms in total. The summed E-state index contributed by atoms with van der Waals surface area (Å²) >= 11 is 1.65. The van der Waals surface area contributed by atoms with Crippen molar-refractivity contribution in [3.63, 3.8) is 0 Å². The summed E-state index contributed by atoms with van der Waals surface area (Å²) in [5.74, 6) is 0. The van der Waals surface area contributed by atoms with Gasteiger partial charge in [0, 0.05) is 29.6 Å². The first-order chi connectivity index (χ1) is 10.4. The van der Waals surface area contributed by atoms with E-state index >= 15 is 0 Å². The maximum absolute atomic E-state index is 12.8. The molecule has 2 aromatic rings. The van der Waals surface area contributed by atoms with Gasteiger partial charge in [0.25, 0.3) is 5.69 Å². The summed E-state index contributed by atoms with van der Waals surface area (Å²) in [5, 5.41) is 12.6. The molecule has 0 spiro atoms. The minimum Gasteiger partial charge on any atom is -0.258 e. The number of thiophene rings is 1. The predicted molar refractivity (Wildman–Crippen MR) is 83.4 cm³/mol. The minimum atomic E-state index is -3.66. The van der Waals surface area contributed by atoms with Gasteiger partial charge in [-0.2, -0.15) is 4.31 Å². The Labute approximate surface area is 132 Å². The predicted octanol–water partition coefficient (Wildman–Crippen LogP) is 2.96. The van der Waals surface area contributed by atoms with Gasteiger partial charge >= 0.3 is 0 Å². The molecule has 2 heterocycles. The fourth-order valence-electron chi connectivity index (χ4n) is 2.69. The van der Waals surface area contributed by atoms with Gasteiger partial charge in [-0.05, 0) is 42.5 Å². The van der Waals surface area contributed by atoms with Crippen molar-refractivity contribution in [2.45, 2.75) is 24.3 Å². The number of nitrogens with zero attached hydrogens (tertiary/aromatic N) is 2. The summed E-state index contributed by atoms with van der Waals surface area (Å²) in [6, 6.07) is 6.76. The van der Waals surface area contributed by atoms with E-state index in [2.05, 4.69) is 0 Å². The molecule has 3 rings (SSSR count). The Kier molecular flexibility index (Phi) is 3.75. The van der Waals surface area contributed by atoms with Crippen molar-refractivity contribution in [1.82, 2.24) is 4.31 Å². The lowest BCUT2D eigenvalue weighted by molar-refractivity contribution is -0.384. The molecule has 1 aliphatic heterocycles. The van der Waals surface area contributed by atoms with Crippen LogP contribution < -0.4 is 0 Å². The first-order valence-corrected chi connectivity index (χ1v) is 9.06. The average molecular weight is 338 g/mol. The number of nitro groups is 1. The van der Waals surface area contributed by atoms with Crippen LogP contribution >= 0.6 is 11.3 Å². The summed E-state index contributed by atoms with van der Waals surface area (Å²) in [5.41, 5.74) is 0.924. The van der Waals surface area contributed by atoms with E-state index in [4.69, 9.17) is 0 Å². The molecule has 0 unspecified atom stereocenters. The van der Waals surface area contributed by atoms with Crippen molar-refractivity contribution in [2.24, 2.45) is 0 Å². The zero-order valence-electron chi connectivity index (χ0n) is 11.8. The number of rotatable bonds is 3. The van der Waals surface area contributed by atoms with Crippen LogP contribution in [0.15, 0.2) is 40.6 Å². The Hall–Kier alpha value is -1.77. The van der Waals surface area contributed by atoms with Gasteiger partial charge < -0.3 is 0 Å². The third-order valence-electron chi connectivity index (χ3n) is 3.88. The summed E-state index contributed by atoms with van der Waals surface area (Å²) in [7, 11) is -3.66. The smallest absolute Gasteiger partial charge is 0.258 e. The van der Waals surface area contributed by atoms with Gasteiger partial charge in [-0.3, -0.25) is 10.1 Å². The molecule has 0 aliphatic carbocycles. The zero-order valence-corrected chi connectivity index (χ0v) is 13.4. The van der Waals surface area contributed by atoms with Crippen LogP contribution in [-0.4, -0.2) is 24.2 Å². The Morgan fingerprint density at radius 1 is 1.27 bits per heavy atom. The number of fused-ring (bicyclic) bond motifs is 1. The van der Waals surface area contributed by atoms with Crippen LogP contribution in [0.3, 0.4) is 0 Å². The fraction of sp³-hybridized carbons (Fsp3) is 0.286. The lowest BCUT2D eigenvalue weighted by Gasteiger charge is -2.32. The van der Waals surface area contributed by atoms with Crippen LogP contribution in [0.25, 0.3) is 0 Å². The molecule has 0 saturated heterocycles. The van der Waals surface area contributed by atoms with Crippen LogP contribution in [0.2, 0.25) is 0 Å². The van der Waals surface area contributed by atoms with Gasteiger partial charge in [0.05, 0.1) is 9.82 Å². The molecule has 0 radical (unpaired) electrons. The second-order valence-electron chi connectivity index (χ2n) is 5.09. The van der Waals surface area contributed by atoms with Gasteiger partial charge in [0.2, 0.25) is 10.0 Å². The molecule has 116 valence electrons. The number of hydrogen-bond donors (Lipinski definition) is 0. The van der Waals surface area contributed by atoms with Gasteiger partial charge in [0.15, 0.2) is 0 Å². The average Bonchev–Trinajstić information content (AvgIpc) is 2.97. The molecular weight excluding hydrogens is 324 g/mol. The first-order valence-electron chi connectivity index (χ1n) is 6.74. The molecule has 0 saturated carbocycles. The van der Waals surface area contributed by atoms with E-state index in [9.17, 15) is 18.5 Å². The van der Waals surface area contributed by atoms with Crippen molar-refractivity contribution in [3.05, 3.63) is 56.3 Å². The molecule has 1 aliphatic rings. The molecule has 0 fully saturated rings. The summed E-state index contributed by atoms with van der Waals surface area (Å²) in [6.07, 6.45) is 0.698. The highest BCUT2D eigenvalue weighted by Crippen LogP contribution is 2.36. The Balaban J connectivity index is 1.95. The van der Waals surface area contributed by atoms with Crippen LogP contribution in [-0.2, 0) is 16.4 Å². The molecule has 1 aromatic carbocycles. The molecule has 0 amide bonds. The second kappa shape index (κ2) is 5.45. The molecule has 22 heavy (non-hydrogen) atoms. The number of benzene rings is 1. The monoisotopic (exact) mass is 338 g/mol. The fourth-order valence-corrected chi connectivity index (χ4v) is 5.27. The molecule has 0 bridgehead atoms. The largest absolute Gasteiger partial charge is 0.269 e. The molecule has 1 aromatic heterocycles. The van der Waals surface area contributed by atoms with Crippen LogP contribution in [0.1, 0.15) is 23.4 Å². The SMILES string of the molecule is C[C@H]1c2ccsc2CCN1S(=O)(=O)c1ccc([N+](=O)[O-])cc1. The molecule has 8 heteroatoms. The third-order valence-corrected chi connectivity index (χ3v) is 6.86. The van der Waals surface area contributed by atoms with E-state index in [0.29, 0.717) is 13.0 Å². The summed E-state index contributed by atoms with van der Waals surface area (Å²) in [4.78, 5) is 11.4. The highest BCUT2D eigenvalue weighted by molar-refractivity contribution is 7.89. The van der Waals surface area contributed by atoms with E-state index in [-0.39, 0.29) is 16.6 Å². The molecular formula is C14H14N2O4S2. The number of sulfonamides is 1. The van der Waals surface area contributed by atoms with Gasteiger partial charge in [-0.1, -0.05) is 0 Å². The Morgan fingerprint density at radius 3 is 2.59 bits per heavy atom. The Bertz CT molecular complexity index is 812. The lowest BCUT2D eigenvalue weighted by atomic mass is 10.0. The zero-order chi connectivity index (χ0) is 15.9. The maximum atomic E-state index is 12.8. The molecule has 1 atom stereocenters. The third kappa shape index (κ3) is 2.43. The van der Waals surface area contributed by atoms with Gasteiger partial charge in [-0.25, -0.2) is 8.42 Å². The number of hydrogen-bond acceptors (Lipinski definition) is 5. The van der Waals surface area contributed by atoms with Crippen molar-refractivity contribution in [2.75, 3.05) is 6.54 Å². The van der Waals surface area contributed by atoms with E-state index in [0.717, 1.165) is 5.56 Å². The van der Waals surface area contributed by atoms with Crippen molar-refractivity contribution in [3.8, 4) is 0 Å². The van der Waals surface area contributed by atoms with Crippen molar-refractivity contribution in [1.29, 1.82) is 0 Å². The molecule has 0 N–H and O–H groups in total. The van der Waals surface area contributed by atoms with Crippen molar-refractivity contribution < 1.29 is 13.3 Å². The van der Waals surface area contributed by atoms with E-state index in [1.807, 2.05) is 18.4 Å². The quantitative estimate of drug-likeness (QED) is 0.636. The van der Waals surface area contributed by atoms with Gasteiger partial charge in [0.1, 0.15) is 0 Å². The minimum absolute atomic E-state index is 0.0867. The van der Waals surface area contributed by atoms with Crippen LogP contribution in [0, 0.1) is 10.1 Å². The first kappa shape index (κ1) is 15.1. The number of non-ortho nitro benzene ring substituents is 1. The summed E-state index contributed by atoms with van der Waals surface area (Å²) in [6.45, 7) is 2.29. The topological polar surface area (TPSA) is 80.5 Å². The highest BCUT2D eigenvalue weighted by atomic mass is 32.2. The van der Waals surface area contributed by atoms with Gasteiger partial charge in [-0.15, -0.1) is 11.3 Å². The maximum Gasteiger partial charge on any atom is 0.269 e. The summed E-state index contributed by atoms with van der Waals surface area (Å²) < 4.78 is 27.0. The number of nitro benzene ring substituents is 1.